The molecule has 2 aromatic carbocycles. The minimum absolute atomic E-state index is 0.571. The molecule has 0 atom stereocenters. The van der Waals surface area contributed by atoms with Gasteiger partial charge in [0, 0.05) is 29.4 Å². The van der Waals surface area contributed by atoms with Crippen molar-refractivity contribution in [3.63, 3.8) is 0 Å². The van der Waals surface area contributed by atoms with Gasteiger partial charge in [-0.15, -0.1) is 0 Å². The minimum atomic E-state index is 0.571. The molecule has 0 saturated heterocycles. The van der Waals surface area contributed by atoms with Crippen LogP contribution in [0.15, 0.2) is 42.5 Å². The summed E-state index contributed by atoms with van der Waals surface area (Å²) in [4.78, 5) is 4.47. The zero-order chi connectivity index (χ0) is 14.8. The molecular weight excluding hydrogens is 284 g/mol. The van der Waals surface area contributed by atoms with E-state index in [9.17, 15) is 0 Å². The van der Waals surface area contributed by atoms with Crippen LogP contribution in [0.3, 0.4) is 0 Å². The molecule has 0 aliphatic carbocycles. The van der Waals surface area contributed by atoms with Crippen LogP contribution in [0.4, 0.5) is 11.4 Å². The first kappa shape index (κ1) is 14.2. The fourth-order valence-corrected chi connectivity index (χ4v) is 2.71. The number of nitrogens with zero attached hydrogens (tertiary/aromatic N) is 2. The number of likely N-dealkylation sites (N-methyl/N-ethyl adjacent to an activating group) is 1. The van der Waals surface area contributed by atoms with E-state index in [-0.39, 0.29) is 0 Å². The van der Waals surface area contributed by atoms with E-state index in [1.165, 1.54) is 0 Å². The van der Waals surface area contributed by atoms with Crippen LogP contribution in [0.1, 0.15) is 5.56 Å². The van der Waals surface area contributed by atoms with E-state index in [0.717, 1.165) is 40.8 Å². The molecule has 0 bridgehead atoms. The Morgan fingerprint density at radius 2 is 1.95 bits per heavy atom. The normalized spacial score (nSPS) is 13.4. The highest BCUT2D eigenvalue weighted by atomic mass is 35.5. The second kappa shape index (κ2) is 5.96. The lowest BCUT2D eigenvalue weighted by Crippen LogP contribution is -2.28. The Kier molecular flexibility index (Phi) is 4.04. The fraction of sp³-hybridized carbons (Fsp3) is 0.294. The lowest BCUT2D eigenvalue weighted by atomic mass is 10.1. The maximum absolute atomic E-state index is 6.21. The Morgan fingerprint density at radius 1 is 1.14 bits per heavy atom. The predicted molar refractivity (Wildman–Crippen MR) is 87.8 cm³/mol. The number of benzene rings is 2. The van der Waals surface area contributed by atoms with Crippen molar-refractivity contribution in [1.82, 2.24) is 4.90 Å². The summed E-state index contributed by atoms with van der Waals surface area (Å²) in [6.07, 6.45) is 0. The summed E-state index contributed by atoms with van der Waals surface area (Å²) in [5, 5.41) is 0.753. The number of anilines is 2. The van der Waals surface area contributed by atoms with Crippen molar-refractivity contribution in [3.8, 4) is 5.75 Å². The third-order valence-electron chi connectivity index (χ3n) is 3.65. The quantitative estimate of drug-likeness (QED) is 0.854. The van der Waals surface area contributed by atoms with Crippen LogP contribution in [-0.2, 0) is 6.61 Å². The molecule has 4 heteroatoms. The van der Waals surface area contributed by atoms with Crippen LogP contribution in [0.25, 0.3) is 0 Å². The predicted octanol–water partition coefficient (Wildman–Crippen LogP) is 3.93. The van der Waals surface area contributed by atoms with Crippen molar-refractivity contribution < 1.29 is 4.74 Å². The van der Waals surface area contributed by atoms with Crippen molar-refractivity contribution >= 4 is 23.0 Å². The summed E-state index contributed by atoms with van der Waals surface area (Å²) < 4.78 is 5.95. The molecule has 1 heterocycles. The summed E-state index contributed by atoms with van der Waals surface area (Å²) in [5.41, 5.74) is 3.39. The molecular formula is C17H19ClN2O. The number of para-hydroxylation sites is 2. The van der Waals surface area contributed by atoms with Gasteiger partial charge in [0.2, 0.25) is 0 Å². The molecule has 0 spiro atoms. The van der Waals surface area contributed by atoms with Gasteiger partial charge in [0.15, 0.2) is 0 Å². The number of rotatable bonds is 3. The molecule has 0 fully saturated rings. The van der Waals surface area contributed by atoms with E-state index < -0.39 is 0 Å². The molecule has 21 heavy (non-hydrogen) atoms. The van der Waals surface area contributed by atoms with Crippen molar-refractivity contribution in [3.05, 3.63) is 53.1 Å². The standard InChI is InChI=1S/C17H19ClN2O/c1-19(2)9-10-20-15-5-3-4-6-17(15)21-12-13-7-8-14(18)11-16(13)20/h3-8,11H,9-10,12H2,1-2H3. The fourth-order valence-electron chi connectivity index (χ4n) is 2.54. The summed E-state index contributed by atoms with van der Waals surface area (Å²) in [5.74, 6) is 0.920. The molecule has 0 unspecified atom stereocenters. The summed E-state index contributed by atoms with van der Waals surface area (Å²) in [6, 6.07) is 14.2. The zero-order valence-electron chi connectivity index (χ0n) is 12.3. The van der Waals surface area contributed by atoms with Crippen molar-refractivity contribution in [1.29, 1.82) is 0 Å². The molecule has 110 valence electrons. The smallest absolute Gasteiger partial charge is 0.143 e. The largest absolute Gasteiger partial charge is 0.487 e. The second-order valence-corrected chi connectivity index (χ2v) is 5.92. The molecule has 0 radical (unpaired) electrons. The van der Waals surface area contributed by atoms with Gasteiger partial charge >= 0.3 is 0 Å². The van der Waals surface area contributed by atoms with Gasteiger partial charge < -0.3 is 14.5 Å². The average Bonchev–Trinajstić information content (AvgIpc) is 2.62. The number of fused-ring (bicyclic) bond motifs is 2. The molecule has 2 aromatic rings. The molecule has 1 aliphatic rings. The van der Waals surface area contributed by atoms with Gasteiger partial charge in [-0.1, -0.05) is 29.8 Å². The van der Waals surface area contributed by atoms with Crippen LogP contribution >= 0.6 is 11.6 Å². The molecule has 1 aliphatic heterocycles. The van der Waals surface area contributed by atoms with Crippen LogP contribution < -0.4 is 9.64 Å². The van der Waals surface area contributed by atoms with E-state index in [1.807, 2.05) is 36.4 Å². The SMILES string of the molecule is CN(C)CCN1c2cc(Cl)ccc2COc2ccccc21. The van der Waals surface area contributed by atoms with E-state index in [0.29, 0.717) is 6.61 Å². The molecule has 0 amide bonds. The van der Waals surface area contributed by atoms with Gasteiger partial charge in [0.25, 0.3) is 0 Å². The Hall–Kier alpha value is -1.71. The van der Waals surface area contributed by atoms with Gasteiger partial charge in [-0.25, -0.2) is 0 Å². The highest BCUT2D eigenvalue weighted by Gasteiger charge is 2.21. The first-order valence-corrected chi connectivity index (χ1v) is 7.45. The first-order chi connectivity index (χ1) is 10.1. The third kappa shape index (κ3) is 2.99. The summed E-state index contributed by atoms with van der Waals surface area (Å²) >= 11 is 6.21. The molecule has 0 aromatic heterocycles. The van der Waals surface area contributed by atoms with Gasteiger partial charge in [-0.3, -0.25) is 0 Å². The topological polar surface area (TPSA) is 15.7 Å². The third-order valence-corrected chi connectivity index (χ3v) is 3.88. The maximum Gasteiger partial charge on any atom is 0.143 e. The van der Waals surface area contributed by atoms with Crippen molar-refractivity contribution in [2.45, 2.75) is 6.61 Å². The Morgan fingerprint density at radius 3 is 2.76 bits per heavy atom. The highest BCUT2D eigenvalue weighted by Crippen LogP contribution is 2.39. The monoisotopic (exact) mass is 302 g/mol. The first-order valence-electron chi connectivity index (χ1n) is 7.07. The average molecular weight is 303 g/mol. The Balaban J connectivity index is 2.07. The van der Waals surface area contributed by atoms with E-state index in [2.05, 4.69) is 30.0 Å². The summed E-state index contributed by atoms with van der Waals surface area (Å²) in [6.45, 7) is 2.42. The van der Waals surface area contributed by atoms with E-state index in [1.54, 1.807) is 0 Å². The number of ether oxygens (including phenoxy) is 1. The molecule has 3 rings (SSSR count). The Labute approximate surface area is 130 Å². The van der Waals surface area contributed by atoms with E-state index >= 15 is 0 Å². The van der Waals surface area contributed by atoms with Gasteiger partial charge in [0.05, 0.1) is 5.69 Å². The molecule has 0 N–H and O–H groups in total. The second-order valence-electron chi connectivity index (χ2n) is 5.48. The van der Waals surface area contributed by atoms with Crippen LogP contribution in [0.2, 0.25) is 5.02 Å². The lowest BCUT2D eigenvalue weighted by Gasteiger charge is -2.27. The zero-order valence-corrected chi connectivity index (χ0v) is 13.1. The van der Waals surface area contributed by atoms with Gasteiger partial charge in [-0.05, 0) is 38.4 Å². The van der Waals surface area contributed by atoms with Crippen LogP contribution in [0.5, 0.6) is 5.75 Å². The number of hydrogen-bond acceptors (Lipinski definition) is 3. The lowest BCUT2D eigenvalue weighted by molar-refractivity contribution is 0.310. The highest BCUT2D eigenvalue weighted by molar-refractivity contribution is 6.30. The van der Waals surface area contributed by atoms with Gasteiger partial charge in [0.1, 0.15) is 12.4 Å². The number of halogens is 1. The van der Waals surface area contributed by atoms with Crippen LogP contribution in [0, 0.1) is 0 Å². The van der Waals surface area contributed by atoms with E-state index in [4.69, 9.17) is 16.3 Å². The molecule has 0 saturated carbocycles. The van der Waals surface area contributed by atoms with Gasteiger partial charge in [-0.2, -0.15) is 0 Å². The van der Waals surface area contributed by atoms with Crippen molar-refractivity contribution in [2.75, 3.05) is 32.1 Å². The molecule has 3 nitrogen and oxygen atoms in total. The number of hydrogen-bond donors (Lipinski definition) is 0. The van der Waals surface area contributed by atoms with Crippen molar-refractivity contribution in [2.24, 2.45) is 0 Å². The van der Waals surface area contributed by atoms with Crippen LogP contribution in [-0.4, -0.2) is 32.1 Å². The summed E-state index contributed by atoms with van der Waals surface area (Å²) in [7, 11) is 4.16. The minimum Gasteiger partial charge on any atom is -0.487 e. The Bertz CT molecular complexity index is 642. The maximum atomic E-state index is 6.21.